The van der Waals surface area contributed by atoms with Gasteiger partial charge in [-0.05, 0) is 30.3 Å². The number of nitrogens with zero attached hydrogens (tertiary/aromatic N) is 5. The van der Waals surface area contributed by atoms with E-state index in [0.29, 0.717) is 5.95 Å². The van der Waals surface area contributed by atoms with Gasteiger partial charge in [-0.25, -0.2) is 9.97 Å². The normalized spacial score (nSPS) is 12.1. The van der Waals surface area contributed by atoms with Gasteiger partial charge in [0.25, 0.3) is 0 Å². The molecule has 4 heterocycles. The number of hydrogen-bond acceptors (Lipinski definition) is 5. The smallest absolute Gasteiger partial charge is 0.235 e. The van der Waals surface area contributed by atoms with Gasteiger partial charge in [0.2, 0.25) is 5.95 Å². The van der Waals surface area contributed by atoms with Gasteiger partial charge in [0.1, 0.15) is 11.1 Å². The summed E-state index contributed by atoms with van der Waals surface area (Å²) in [6, 6.07) is 24.6. The topological polar surface area (TPSA) is 69.6 Å². The van der Waals surface area contributed by atoms with E-state index in [1.165, 1.54) is 0 Å². The van der Waals surface area contributed by atoms with Gasteiger partial charge in [0.05, 0.1) is 22.1 Å². The fraction of sp³-hybridized carbons (Fsp3) is 0. The average molecular weight is 437 g/mol. The number of para-hydroxylation sites is 2. The summed E-state index contributed by atoms with van der Waals surface area (Å²) in [6.45, 7) is 0. The monoisotopic (exact) mass is 437 g/mol. The first-order valence-electron chi connectivity index (χ1n) is 11.1. The lowest BCUT2D eigenvalue weighted by atomic mass is 10.1. The SMILES string of the molecule is c1ccc2nc(-n3c4cc5nccnc5cc4c4ccc5c6ccccc6oc5c43)ncc2c1. The third-order valence-electron chi connectivity index (χ3n) is 6.54. The van der Waals surface area contributed by atoms with Crippen LogP contribution in [0.4, 0.5) is 0 Å². The van der Waals surface area contributed by atoms with Crippen molar-refractivity contribution in [1.29, 1.82) is 0 Å². The standard InChI is InChI=1S/C28H15N5O/c1-3-7-21-16(5-1)15-31-28(32-21)33-24-14-23-22(29-11-12-30-23)13-20(24)18-9-10-19-17-6-2-4-8-25(17)34-27(19)26(18)33/h1-15H. The summed E-state index contributed by atoms with van der Waals surface area (Å²) < 4.78 is 8.53. The summed E-state index contributed by atoms with van der Waals surface area (Å²) in [6.07, 6.45) is 5.30. The average Bonchev–Trinajstić information content (AvgIpc) is 3.42. The molecule has 0 saturated heterocycles. The van der Waals surface area contributed by atoms with Crippen LogP contribution in [-0.2, 0) is 0 Å². The van der Waals surface area contributed by atoms with Gasteiger partial charge in [-0.15, -0.1) is 0 Å². The lowest BCUT2D eigenvalue weighted by Crippen LogP contribution is -2.01. The molecular weight excluding hydrogens is 422 g/mol. The Morgan fingerprint density at radius 3 is 2.38 bits per heavy atom. The summed E-state index contributed by atoms with van der Waals surface area (Å²) in [4.78, 5) is 18.8. The zero-order chi connectivity index (χ0) is 22.2. The molecule has 0 amide bonds. The van der Waals surface area contributed by atoms with Crippen LogP contribution in [0.3, 0.4) is 0 Å². The lowest BCUT2D eigenvalue weighted by Gasteiger charge is -2.07. The second-order valence-electron chi connectivity index (χ2n) is 8.42. The molecule has 0 aliphatic heterocycles. The Morgan fingerprint density at radius 2 is 1.44 bits per heavy atom. The van der Waals surface area contributed by atoms with Crippen LogP contribution in [0.2, 0.25) is 0 Å². The highest BCUT2D eigenvalue weighted by atomic mass is 16.3. The van der Waals surface area contributed by atoms with Crippen molar-refractivity contribution in [3.63, 3.8) is 0 Å². The molecule has 4 aromatic carbocycles. The van der Waals surface area contributed by atoms with E-state index < -0.39 is 0 Å². The molecule has 0 aliphatic rings. The predicted molar refractivity (Wildman–Crippen MR) is 134 cm³/mol. The number of benzene rings is 4. The van der Waals surface area contributed by atoms with E-state index in [1.807, 2.05) is 48.7 Å². The first kappa shape index (κ1) is 17.7. The maximum Gasteiger partial charge on any atom is 0.235 e. The van der Waals surface area contributed by atoms with Gasteiger partial charge in [-0.1, -0.05) is 42.5 Å². The summed E-state index contributed by atoms with van der Waals surface area (Å²) in [5.41, 5.74) is 6.13. The Hall–Kier alpha value is -4.84. The van der Waals surface area contributed by atoms with Crippen molar-refractivity contribution < 1.29 is 4.42 Å². The Kier molecular flexibility index (Phi) is 3.31. The lowest BCUT2D eigenvalue weighted by molar-refractivity contribution is 0.671. The molecule has 8 aromatic rings. The van der Waals surface area contributed by atoms with E-state index in [4.69, 9.17) is 14.4 Å². The molecule has 4 aromatic heterocycles. The van der Waals surface area contributed by atoms with E-state index >= 15 is 0 Å². The fourth-order valence-corrected chi connectivity index (χ4v) is 5.01. The summed E-state index contributed by atoms with van der Waals surface area (Å²) in [5, 5.41) is 5.27. The van der Waals surface area contributed by atoms with E-state index in [1.54, 1.807) is 12.4 Å². The first-order chi connectivity index (χ1) is 16.8. The van der Waals surface area contributed by atoms with Crippen molar-refractivity contribution in [3.05, 3.63) is 91.4 Å². The summed E-state index contributed by atoms with van der Waals surface area (Å²) >= 11 is 0. The van der Waals surface area contributed by atoms with Crippen molar-refractivity contribution in [2.24, 2.45) is 0 Å². The maximum atomic E-state index is 6.43. The molecule has 0 bridgehead atoms. The zero-order valence-corrected chi connectivity index (χ0v) is 17.8. The van der Waals surface area contributed by atoms with Crippen LogP contribution in [0.5, 0.6) is 0 Å². The fourth-order valence-electron chi connectivity index (χ4n) is 5.01. The quantitative estimate of drug-likeness (QED) is 0.290. The third-order valence-corrected chi connectivity index (χ3v) is 6.54. The first-order valence-corrected chi connectivity index (χ1v) is 11.1. The van der Waals surface area contributed by atoms with Crippen LogP contribution in [0.1, 0.15) is 0 Å². The molecule has 0 fully saturated rings. The van der Waals surface area contributed by atoms with Crippen LogP contribution in [-0.4, -0.2) is 24.5 Å². The van der Waals surface area contributed by atoms with Crippen molar-refractivity contribution in [1.82, 2.24) is 24.5 Å². The second kappa shape index (κ2) is 6.36. The molecule has 0 saturated carbocycles. The highest BCUT2D eigenvalue weighted by molar-refractivity contribution is 6.22. The number of aromatic nitrogens is 5. The van der Waals surface area contributed by atoms with E-state index in [0.717, 1.165) is 65.7 Å². The molecule has 6 heteroatoms. The van der Waals surface area contributed by atoms with Gasteiger partial charge >= 0.3 is 0 Å². The summed E-state index contributed by atoms with van der Waals surface area (Å²) in [7, 11) is 0. The van der Waals surface area contributed by atoms with Crippen LogP contribution < -0.4 is 0 Å². The molecular formula is C28H15N5O. The molecule has 158 valence electrons. The second-order valence-corrected chi connectivity index (χ2v) is 8.42. The van der Waals surface area contributed by atoms with Crippen LogP contribution in [0.25, 0.3) is 71.6 Å². The number of fused-ring (bicyclic) bond motifs is 9. The predicted octanol–water partition coefficient (Wildman–Crippen LogP) is 6.57. The highest BCUT2D eigenvalue weighted by Crippen LogP contribution is 2.40. The van der Waals surface area contributed by atoms with E-state index in [9.17, 15) is 0 Å². The Labute approximate surface area is 192 Å². The minimum atomic E-state index is 0.592. The minimum Gasteiger partial charge on any atom is -0.454 e. The zero-order valence-electron chi connectivity index (χ0n) is 17.8. The van der Waals surface area contributed by atoms with Crippen molar-refractivity contribution >= 4 is 65.7 Å². The number of hydrogen-bond donors (Lipinski definition) is 0. The van der Waals surface area contributed by atoms with Gasteiger partial charge in [-0.3, -0.25) is 14.5 Å². The van der Waals surface area contributed by atoms with E-state index in [2.05, 4.69) is 44.9 Å². The third kappa shape index (κ3) is 2.29. The Bertz CT molecular complexity index is 2080. The minimum absolute atomic E-state index is 0.592. The van der Waals surface area contributed by atoms with Gasteiger partial charge in [-0.2, -0.15) is 0 Å². The molecule has 8 rings (SSSR count). The van der Waals surface area contributed by atoms with Crippen LogP contribution in [0, 0.1) is 0 Å². The van der Waals surface area contributed by atoms with Gasteiger partial charge in [0.15, 0.2) is 5.58 Å². The van der Waals surface area contributed by atoms with Crippen molar-refractivity contribution in [3.8, 4) is 5.95 Å². The molecule has 0 unspecified atom stereocenters. The highest BCUT2D eigenvalue weighted by Gasteiger charge is 2.21. The van der Waals surface area contributed by atoms with Crippen LogP contribution in [0.15, 0.2) is 95.8 Å². The van der Waals surface area contributed by atoms with E-state index in [-0.39, 0.29) is 0 Å². The Balaban J connectivity index is 1.62. The largest absolute Gasteiger partial charge is 0.454 e. The molecule has 6 nitrogen and oxygen atoms in total. The van der Waals surface area contributed by atoms with Crippen molar-refractivity contribution in [2.45, 2.75) is 0 Å². The molecule has 0 N–H and O–H groups in total. The molecule has 34 heavy (non-hydrogen) atoms. The van der Waals surface area contributed by atoms with Gasteiger partial charge in [0, 0.05) is 45.5 Å². The van der Waals surface area contributed by atoms with Crippen molar-refractivity contribution in [2.75, 3.05) is 0 Å². The van der Waals surface area contributed by atoms with Crippen LogP contribution >= 0.6 is 0 Å². The van der Waals surface area contributed by atoms with Gasteiger partial charge < -0.3 is 4.42 Å². The Morgan fingerprint density at radius 1 is 0.647 bits per heavy atom. The summed E-state index contributed by atoms with van der Waals surface area (Å²) in [5.74, 6) is 0.592. The maximum absolute atomic E-state index is 6.43. The molecule has 0 spiro atoms. The molecule has 0 aliphatic carbocycles. The molecule has 0 radical (unpaired) electrons. The molecule has 0 atom stereocenters. The number of rotatable bonds is 1. The number of furan rings is 1.